The summed E-state index contributed by atoms with van der Waals surface area (Å²) in [6, 6.07) is 12.9. The number of carbonyl (C=O) groups excluding carboxylic acids is 1. The molecule has 2 aliphatic rings. The number of likely N-dealkylation sites (tertiary alicyclic amines) is 1. The van der Waals surface area contributed by atoms with Crippen LogP contribution in [0.3, 0.4) is 0 Å². The Kier molecular flexibility index (Phi) is 5.72. The van der Waals surface area contributed by atoms with E-state index in [4.69, 9.17) is 0 Å². The summed E-state index contributed by atoms with van der Waals surface area (Å²) in [6.07, 6.45) is 2.37. The number of benzene rings is 1. The predicted octanol–water partition coefficient (Wildman–Crippen LogP) is 2.63. The summed E-state index contributed by atoms with van der Waals surface area (Å²) in [7, 11) is 0. The maximum absolute atomic E-state index is 12.7. The molecule has 0 radical (unpaired) electrons. The molecule has 1 amide bonds. The van der Waals surface area contributed by atoms with Gasteiger partial charge >= 0.3 is 0 Å². The fourth-order valence-electron chi connectivity index (χ4n) is 4.97. The molecule has 0 unspecified atom stereocenters. The van der Waals surface area contributed by atoms with Crippen molar-refractivity contribution in [3.8, 4) is 5.75 Å². The minimum Gasteiger partial charge on any atom is -0.508 e. The third kappa shape index (κ3) is 4.22. The van der Waals surface area contributed by atoms with Crippen LogP contribution in [-0.4, -0.2) is 40.1 Å². The van der Waals surface area contributed by atoms with Gasteiger partial charge in [-0.3, -0.25) is 14.5 Å². The van der Waals surface area contributed by atoms with E-state index in [0.717, 1.165) is 43.7 Å². The van der Waals surface area contributed by atoms with Crippen molar-refractivity contribution in [2.75, 3.05) is 19.6 Å². The zero-order valence-corrected chi connectivity index (χ0v) is 16.9. The molecule has 29 heavy (non-hydrogen) atoms. The van der Waals surface area contributed by atoms with Crippen molar-refractivity contribution in [1.29, 1.82) is 0 Å². The van der Waals surface area contributed by atoms with Crippen LogP contribution in [-0.2, 0) is 11.3 Å². The van der Waals surface area contributed by atoms with Crippen LogP contribution in [0.1, 0.15) is 49.4 Å². The second-order valence-corrected chi connectivity index (χ2v) is 8.34. The van der Waals surface area contributed by atoms with Crippen LogP contribution < -0.4 is 10.9 Å². The number of nitrogens with zero attached hydrogens (tertiary/aromatic N) is 2. The number of fused-ring (bicyclic) bond motifs is 4. The van der Waals surface area contributed by atoms with Gasteiger partial charge in [-0.1, -0.05) is 25.1 Å². The summed E-state index contributed by atoms with van der Waals surface area (Å²) in [6.45, 7) is 5.03. The molecular weight excluding hydrogens is 366 g/mol. The zero-order chi connectivity index (χ0) is 20.4. The molecule has 2 bridgehead atoms. The molecule has 6 heteroatoms. The highest BCUT2D eigenvalue weighted by atomic mass is 16.3. The highest BCUT2D eigenvalue weighted by Gasteiger charge is 2.40. The number of rotatable bonds is 6. The second-order valence-electron chi connectivity index (χ2n) is 8.34. The molecule has 2 aromatic rings. The fourth-order valence-corrected chi connectivity index (χ4v) is 4.97. The Balaban J connectivity index is 1.58. The van der Waals surface area contributed by atoms with Crippen LogP contribution >= 0.6 is 0 Å². The molecule has 4 rings (SSSR count). The topological polar surface area (TPSA) is 74.6 Å². The average Bonchev–Trinajstić information content (AvgIpc) is 2.68. The van der Waals surface area contributed by atoms with Crippen molar-refractivity contribution in [1.82, 2.24) is 14.8 Å². The number of aromatic nitrogens is 1. The number of piperidine rings is 1. The first-order chi connectivity index (χ1) is 14.0. The van der Waals surface area contributed by atoms with Gasteiger partial charge in [0.1, 0.15) is 5.75 Å². The first-order valence-electron chi connectivity index (χ1n) is 10.5. The van der Waals surface area contributed by atoms with Gasteiger partial charge in [-0.15, -0.1) is 0 Å². The first kappa shape index (κ1) is 19.7. The molecule has 2 aliphatic heterocycles. The Morgan fingerprint density at radius 2 is 2.03 bits per heavy atom. The van der Waals surface area contributed by atoms with Gasteiger partial charge in [0.2, 0.25) is 5.91 Å². The fraction of sp³-hybridized carbons (Fsp3) is 0.478. The van der Waals surface area contributed by atoms with Gasteiger partial charge in [-0.2, -0.15) is 0 Å². The largest absolute Gasteiger partial charge is 0.508 e. The van der Waals surface area contributed by atoms with Gasteiger partial charge in [0.15, 0.2) is 0 Å². The van der Waals surface area contributed by atoms with E-state index in [-0.39, 0.29) is 23.3 Å². The van der Waals surface area contributed by atoms with Gasteiger partial charge in [-0.25, -0.2) is 0 Å². The van der Waals surface area contributed by atoms with Crippen LogP contribution in [0.4, 0.5) is 0 Å². The van der Waals surface area contributed by atoms with E-state index in [9.17, 15) is 14.7 Å². The molecule has 2 N–H and O–H groups in total. The molecule has 3 atom stereocenters. The zero-order valence-electron chi connectivity index (χ0n) is 16.9. The van der Waals surface area contributed by atoms with Gasteiger partial charge in [0, 0.05) is 50.3 Å². The lowest BCUT2D eigenvalue weighted by molar-refractivity contribution is -0.121. The van der Waals surface area contributed by atoms with Crippen molar-refractivity contribution < 1.29 is 9.90 Å². The number of phenolic OH excluding ortho intramolecular Hbond substituents is 1. The highest BCUT2D eigenvalue weighted by Crippen LogP contribution is 2.41. The van der Waals surface area contributed by atoms with E-state index < -0.39 is 0 Å². The molecular formula is C23H29N3O3. The Morgan fingerprint density at radius 1 is 1.21 bits per heavy atom. The van der Waals surface area contributed by atoms with E-state index >= 15 is 0 Å². The number of hydrogen-bond donors (Lipinski definition) is 2. The number of phenols is 1. The normalized spacial score (nSPS) is 23.4. The minimum absolute atomic E-state index is 0.0216. The van der Waals surface area contributed by atoms with Crippen molar-refractivity contribution in [3.63, 3.8) is 0 Å². The lowest BCUT2D eigenvalue weighted by atomic mass is 9.78. The van der Waals surface area contributed by atoms with Crippen molar-refractivity contribution in [3.05, 3.63) is 64.1 Å². The Bertz CT molecular complexity index is 939. The molecule has 0 aliphatic carbocycles. The van der Waals surface area contributed by atoms with Gasteiger partial charge < -0.3 is 15.0 Å². The summed E-state index contributed by atoms with van der Waals surface area (Å²) in [4.78, 5) is 27.2. The van der Waals surface area contributed by atoms with Crippen LogP contribution in [0.25, 0.3) is 0 Å². The van der Waals surface area contributed by atoms with E-state index in [0.29, 0.717) is 24.8 Å². The molecule has 1 fully saturated rings. The highest BCUT2D eigenvalue weighted by molar-refractivity contribution is 5.75. The smallest absolute Gasteiger partial charge is 0.251 e. The SMILES string of the molecule is CCCC(=O)NC[C@H]1[C@H]2C[C@H](CN(Cc3cccc(O)c3)C2)c2cccc(=O)n21. The Hall–Kier alpha value is -2.60. The standard InChI is InChI=1S/C23H29N3O3/c1-2-5-22(28)24-12-21-18-11-17(20-8-4-9-23(29)26(20)21)14-25(15-18)13-16-6-3-7-19(27)10-16/h3-4,6-10,17-18,21,27H,2,5,11-15H2,1H3,(H,24,28)/t17-,18+,21+/m1/s1. The van der Waals surface area contributed by atoms with E-state index in [2.05, 4.69) is 16.3 Å². The van der Waals surface area contributed by atoms with Crippen molar-refractivity contribution >= 4 is 5.91 Å². The summed E-state index contributed by atoms with van der Waals surface area (Å²) >= 11 is 0. The molecule has 1 aromatic heterocycles. The van der Waals surface area contributed by atoms with Gasteiger partial charge in [0.25, 0.3) is 5.56 Å². The molecule has 3 heterocycles. The van der Waals surface area contributed by atoms with Crippen LogP contribution in [0, 0.1) is 5.92 Å². The lowest BCUT2D eigenvalue weighted by Gasteiger charge is -2.47. The van der Waals surface area contributed by atoms with Crippen molar-refractivity contribution in [2.45, 2.75) is 44.7 Å². The monoisotopic (exact) mass is 395 g/mol. The first-order valence-corrected chi connectivity index (χ1v) is 10.5. The van der Waals surface area contributed by atoms with Crippen LogP contribution in [0.5, 0.6) is 5.75 Å². The van der Waals surface area contributed by atoms with Gasteiger partial charge in [0.05, 0.1) is 6.04 Å². The number of pyridine rings is 1. The maximum Gasteiger partial charge on any atom is 0.251 e. The average molecular weight is 396 g/mol. The van der Waals surface area contributed by atoms with Gasteiger partial charge in [-0.05, 0) is 42.5 Å². The molecule has 154 valence electrons. The summed E-state index contributed by atoms with van der Waals surface area (Å²) in [5.74, 6) is 0.948. The van der Waals surface area contributed by atoms with E-state index in [1.807, 2.05) is 35.8 Å². The van der Waals surface area contributed by atoms with Crippen molar-refractivity contribution in [2.24, 2.45) is 5.92 Å². The third-order valence-electron chi connectivity index (χ3n) is 6.18. The maximum atomic E-state index is 12.7. The lowest BCUT2D eigenvalue weighted by Crippen LogP contribution is -2.51. The third-order valence-corrected chi connectivity index (χ3v) is 6.18. The van der Waals surface area contributed by atoms with Crippen LogP contribution in [0.2, 0.25) is 0 Å². The Labute approximate surface area is 171 Å². The Morgan fingerprint density at radius 3 is 2.83 bits per heavy atom. The summed E-state index contributed by atoms with van der Waals surface area (Å²) in [5, 5.41) is 12.8. The minimum atomic E-state index is -0.0252. The summed E-state index contributed by atoms with van der Waals surface area (Å²) < 4.78 is 1.93. The molecule has 1 saturated heterocycles. The van der Waals surface area contributed by atoms with Crippen LogP contribution in [0.15, 0.2) is 47.3 Å². The molecule has 6 nitrogen and oxygen atoms in total. The molecule has 1 aromatic carbocycles. The number of amides is 1. The number of carbonyl (C=O) groups is 1. The number of nitrogens with one attached hydrogen (secondary N) is 1. The van der Waals surface area contributed by atoms with E-state index in [1.54, 1.807) is 12.1 Å². The quantitative estimate of drug-likeness (QED) is 0.789. The molecule has 0 saturated carbocycles. The number of hydrogen-bond acceptors (Lipinski definition) is 4. The predicted molar refractivity (Wildman–Crippen MR) is 112 cm³/mol. The second kappa shape index (κ2) is 8.41. The number of aromatic hydroxyl groups is 1. The molecule has 0 spiro atoms. The van der Waals surface area contributed by atoms with E-state index in [1.165, 1.54) is 0 Å². The summed E-state index contributed by atoms with van der Waals surface area (Å²) in [5.41, 5.74) is 2.18.